The highest BCUT2D eigenvalue weighted by molar-refractivity contribution is 5.43. The lowest BCUT2D eigenvalue weighted by Crippen LogP contribution is -2.24. The molecule has 0 fully saturated rings. The molecule has 8 nitrogen and oxygen atoms in total. The monoisotopic (exact) mass is 194 g/mol. The maximum absolute atomic E-state index is 9.92. The molecule has 0 saturated heterocycles. The Morgan fingerprint density at radius 3 is 1.50 bits per heavy atom. The van der Waals surface area contributed by atoms with Crippen molar-refractivity contribution in [2.24, 2.45) is 20.0 Å². The zero-order valence-corrected chi connectivity index (χ0v) is 6.63. The Morgan fingerprint density at radius 1 is 0.786 bits per heavy atom. The van der Waals surface area contributed by atoms with Gasteiger partial charge in [-0.25, -0.2) is 19.2 Å². The van der Waals surface area contributed by atoms with Gasteiger partial charge < -0.3 is 0 Å². The predicted octanol–water partition coefficient (Wildman–Crippen LogP) is -1.02. The fourth-order valence-corrected chi connectivity index (χ4v) is 0.539. The molecule has 0 radical (unpaired) electrons. The minimum Gasteiger partial charge on any atom is -0.211 e. The summed E-state index contributed by atoms with van der Waals surface area (Å²) in [5.41, 5.74) is 0. The van der Waals surface area contributed by atoms with Crippen LogP contribution in [0.25, 0.3) is 0 Å². The van der Waals surface area contributed by atoms with Crippen LogP contribution in [0.2, 0.25) is 0 Å². The van der Waals surface area contributed by atoms with Crippen molar-refractivity contribution in [3.05, 3.63) is 0 Å². The van der Waals surface area contributed by atoms with E-state index in [1.165, 1.54) is 0 Å². The summed E-state index contributed by atoms with van der Waals surface area (Å²) in [4.78, 5) is 51.3. The first-order chi connectivity index (χ1) is 6.74. The van der Waals surface area contributed by atoms with Gasteiger partial charge in [0.25, 0.3) is 5.79 Å². The van der Waals surface area contributed by atoms with E-state index in [1.807, 2.05) is 0 Å². The van der Waals surface area contributed by atoms with Crippen LogP contribution in [-0.4, -0.2) is 36.7 Å². The molecule has 0 rings (SSSR count). The van der Waals surface area contributed by atoms with Crippen LogP contribution in [0.1, 0.15) is 0 Å². The normalized spacial score (nSPS) is 11.7. The molecular formula is C6H2N4O4. The first-order valence-electron chi connectivity index (χ1n) is 3.05. The fraction of sp³-hybridized carbons (Fsp3) is 0.333. The summed E-state index contributed by atoms with van der Waals surface area (Å²) in [6, 6.07) is 0. The molecule has 0 aromatic heterocycles. The largest absolute Gasteiger partial charge is 0.297 e. The third kappa shape index (κ3) is 3.28. The number of nitrogens with zero attached hydrogens (tertiary/aromatic N) is 4. The van der Waals surface area contributed by atoms with Crippen LogP contribution in [-0.2, 0) is 19.2 Å². The maximum Gasteiger partial charge on any atom is 0.297 e. The zero-order chi connectivity index (χ0) is 10.9. The van der Waals surface area contributed by atoms with Gasteiger partial charge >= 0.3 is 0 Å². The standard InChI is InChI=1S/C6H2N4O4/c11-2-7-1-6(8-3-12,9-4-13)10-5-14/h1H2. The Bertz CT molecular complexity index is 347. The summed E-state index contributed by atoms with van der Waals surface area (Å²) in [7, 11) is 0. The van der Waals surface area contributed by atoms with E-state index in [2.05, 4.69) is 20.0 Å². The van der Waals surface area contributed by atoms with E-state index < -0.39 is 12.3 Å². The van der Waals surface area contributed by atoms with Crippen molar-refractivity contribution in [2.75, 3.05) is 6.54 Å². The van der Waals surface area contributed by atoms with Crippen molar-refractivity contribution >= 4 is 24.3 Å². The Morgan fingerprint density at radius 2 is 1.21 bits per heavy atom. The molecule has 0 bridgehead atoms. The molecule has 0 aliphatic carbocycles. The minimum absolute atomic E-state index is 0.615. The molecule has 0 heterocycles. The Balaban J connectivity index is 5.32. The average Bonchev–Trinajstić information content (AvgIpc) is 2.16. The lowest BCUT2D eigenvalue weighted by atomic mass is 10.4. The van der Waals surface area contributed by atoms with Crippen molar-refractivity contribution in [2.45, 2.75) is 5.79 Å². The molecule has 70 valence electrons. The molecule has 0 spiro atoms. The molecule has 0 N–H and O–H groups in total. The molecule has 8 heteroatoms. The van der Waals surface area contributed by atoms with Crippen LogP contribution in [0, 0.1) is 0 Å². The van der Waals surface area contributed by atoms with Crippen LogP contribution in [0.5, 0.6) is 0 Å². The average molecular weight is 194 g/mol. The van der Waals surface area contributed by atoms with Gasteiger partial charge in [-0.05, 0) is 0 Å². The Kier molecular flexibility index (Phi) is 5.01. The van der Waals surface area contributed by atoms with Crippen molar-refractivity contribution < 1.29 is 19.2 Å². The molecule has 0 atom stereocenters. The summed E-state index contributed by atoms with van der Waals surface area (Å²) in [6.45, 7) is -0.615. The summed E-state index contributed by atoms with van der Waals surface area (Å²) in [6.07, 6.45) is 4.18. The molecule has 0 amide bonds. The third-order valence-corrected chi connectivity index (χ3v) is 1.03. The molecule has 0 aromatic rings. The van der Waals surface area contributed by atoms with Gasteiger partial charge in [0.1, 0.15) is 6.54 Å². The number of carbonyl (C=O) groups excluding carboxylic acids is 4. The molecule has 0 saturated carbocycles. The lowest BCUT2D eigenvalue weighted by Gasteiger charge is -2.09. The van der Waals surface area contributed by atoms with Gasteiger partial charge in [-0.2, -0.15) is 4.99 Å². The summed E-state index contributed by atoms with van der Waals surface area (Å²) >= 11 is 0. The van der Waals surface area contributed by atoms with Crippen LogP contribution in [0.15, 0.2) is 20.0 Å². The predicted molar refractivity (Wildman–Crippen MR) is 40.1 cm³/mol. The van der Waals surface area contributed by atoms with Gasteiger partial charge in [0.15, 0.2) is 0 Å². The van der Waals surface area contributed by atoms with Gasteiger partial charge in [0, 0.05) is 0 Å². The molecule has 14 heavy (non-hydrogen) atoms. The van der Waals surface area contributed by atoms with Crippen LogP contribution < -0.4 is 0 Å². The van der Waals surface area contributed by atoms with Crippen molar-refractivity contribution in [3.8, 4) is 0 Å². The van der Waals surface area contributed by atoms with E-state index in [-0.39, 0.29) is 0 Å². The molecule has 0 aliphatic rings. The van der Waals surface area contributed by atoms with Crippen LogP contribution >= 0.6 is 0 Å². The number of hydrogen-bond donors (Lipinski definition) is 0. The molecule has 0 aliphatic heterocycles. The number of isocyanates is 4. The third-order valence-electron chi connectivity index (χ3n) is 1.03. The SMILES string of the molecule is O=C=NCC(N=C=O)(N=C=O)N=C=O. The molecule has 0 unspecified atom stereocenters. The van der Waals surface area contributed by atoms with E-state index in [0.29, 0.717) is 0 Å². The van der Waals surface area contributed by atoms with E-state index >= 15 is 0 Å². The number of rotatable bonds is 5. The number of aliphatic imine (C=N–C) groups is 4. The van der Waals surface area contributed by atoms with Gasteiger partial charge in [-0.1, -0.05) is 0 Å². The summed E-state index contributed by atoms with van der Waals surface area (Å²) in [5.74, 6) is -2.12. The van der Waals surface area contributed by atoms with Gasteiger partial charge in [-0.15, -0.1) is 15.0 Å². The zero-order valence-electron chi connectivity index (χ0n) is 6.63. The second-order valence-electron chi connectivity index (χ2n) is 1.79. The second kappa shape index (κ2) is 6.08. The summed E-state index contributed by atoms with van der Waals surface area (Å²) < 4.78 is 0. The number of hydrogen-bond acceptors (Lipinski definition) is 8. The van der Waals surface area contributed by atoms with E-state index in [4.69, 9.17) is 0 Å². The smallest absolute Gasteiger partial charge is 0.211 e. The van der Waals surface area contributed by atoms with Crippen molar-refractivity contribution in [1.29, 1.82) is 0 Å². The second-order valence-corrected chi connectivity index (χ2v) is 1.79. The highest BCUT2D eigenvalue weighted by Crippen LogP contribution is 2.13. The highest BCUT2D eigenvalue weighted by Gasteiger charge is 2.28. The first kappa shape index (κ1) is 11.5. The van der Waals surface area contributed by atoms with Gasteiger partial charge in [-0.3, -0.25) is 0 Å². The Labute approximate surface area is 76.8 Å². The van der Waals surface area contributed by atoms with E-state index in [0.717, 1.165) is 24.3 Å². The van der Waals surface area contributed by atoms with E-state index in [1.54, 1.807) is 0 Å². The molecule has 0 aromatic carbocycles. The lowest BCUT2D eigenvalue weighted by molar-refractivity contribution is 0.456. The minimum atomic E-state index is -2.12. The quantitative estimate of drug-likeness (QED) is 0.411. The fourth-order valence-electron chi connectivity index (χ4n) is 0.539. The van der Waals surface area contributed by atoms with Gasteiger partial charge in [0.2, 0.25) is 24.3 Å². The Hall–Kier alpha value is -2.48. The van der Waals surface area contributed by atoms with Crippen molar-refractivity contribution in [3.63, 3.8) is 0 Å². The van der Waals surface area contributed by atoms with Crippen molar-refractivity contribution in [1.82, 2.24) is 0 Å². The van der Waals surface area contributed by atoms with E-state index in [9.17, 15) is 19.2 Å². The van der Waals surface area contributed by atoms with Crippen LogP contribution in [0.4, 0.5) is 0 Å². The summed E-state index contributed by atoms with van der Waals surface area (Å²) in [5, 5.41) is 0. The first-order valence-corrected chi connectivity index (χ1v) is 3.05. The molecular weight excluding hydrogens is 192 g/mol. The topological polar surface area (TPSA) is 118 Å². The highest BCUT2D eigenvalue weighted by atomic mass is 16.1. The van der Waals surface area contributed by atoms with Crippen LogP contribution in [0.3, 0.4) is 0 Å². The maximum atomic E-state index is 9.92. The van der Waals surface area contributed by atoms with Gasteiger partial charge in [0.05, 0.1) is 0 Å².